The summed E-state index contributed by atoms with van der Waals surface area (Å²) in [6.45, 7) is 2.06. The van der Waals surface area contributed by atoms with Crippen molar-refractivity contribution >= 4 is 0 Å². The van der Waals surface area contributed by atoms with E-state index >= 15 is 0 Å². The largest absolute Gasteiger partial charge is 0.353 e. The van der Waals surface area contributed by atoms with Gasteiger partial charge in [-0.2, -0.15) is 0 Å². The van der Waals surface area contributed by atoms with Crippen LogP contribution in [0, 0.1) is 0 Å². The van der Waals surface area contributed by atoms with Gasteiger partial charge in [0, 0.05) is 0 Å². The lowest BCUT2D eigenvalue weighted by molar-refractivity contribution is 0.0692. The molecule has 0 bridgehead atoms. The fraction of sp³-hybridized carbons (Fsp3) is 1.00. The van der Waals surface area contributed by atoms with Gasteiger partial charge < -0.3 is 9.47 Å². The zero-order valence-electron chi connectivity index (χ0n) is 2.94. The molecule has 0 aliphatic carbocycles. The van der Waals surface area contributed by atoms with Crippen molar-refractivity contribution < 1.29 is 9.47 Å². The summed E-state index contributed by atoms with van der Waals surface area (Å²) in [6, 6.07) is 0. The lowest BCUT2D eigenvalue weighted by Gasteiger charge is -1.76. The molecule has 0 radical (unpaired) electrons. The summed E-state index contributed by atoms with van der Waals surface area (Å²) in [4.78, 5) is 0. The summed E-state index contributed by atoms with van der Waals surface area (Å²) in [5, 5.41) is 0. The molecule has 1 aliphatic heterocycles. The van der Waals surface area contributed by atoms with Gasteiger partial charge in [-0.05, 0) is 0 Å². The average Bonchev–Trinajstić information content (AvgIpc) is 1.76. The SMILES string of the molecule is C.C1COCO1. The molecule has 2 nitrogen and oxygen atoms in total. The minimum atomic E-state index is 0. The Morgan fingerprint density at radius 1 is 1.00 bits per heavy atom. The van der Waals surface area contributed by atoms with Crippen molar-refractivity contribution in [1.29, 1.82) is 0 Å². The lowest BCUT2D eigenvalue weighted by Crippen LogP contribution is -1.79. The zero-order valence-corrected chi connectivity index (χ0v) is 2.94. The topological polar surface area (TPSA) is 18.5 Å². The van der Waals surface area contributed by atoms with Crippen LogP contribution in [0.3, 0.4) is 0 Å². The van der Waals surface area contributed by atoms with E-state index in [1.165, 1.54) is 0 Å². The Labute approximate surface area is 38.1 Å². The predicted octanol–water partition coefficient (Wildman–Crippen LogP) is 0.627. The van der Waals surface area contributed by atoms with Gasteiger partial charge in [-0.3, -0.25) is 0 Å². The van der Waals surface area contributed by atoms with Gasteiger partial charge in [-0.25, -0.2) is 0 Å². The number of hydrogen-bond donors (Lipinski definition) is 0. The third kappa shape index (κ3) is 1.38. The van der Waals surface area contributed by atoms with Crippen LogP contribution in [0.1, 0.15) is 7.43 Å². The van der Waals surface area contributed by atoms with Crippen LogP contribution in [0.15, 0.2) is 0 Å². The molecule has 2 heteroatoms. The van der Waals surface area contributed by atoms with E-state index in [1.54, 1.807) is 0 Å². The minimum absolute atomic E-state index is 0. The minimum Gasteiger partial charge on any atom is -0.353 e. The molecular formula is C4H10O2. The number of ether oxygens (including phenoxy) is 2. The zero-order chi connectivity index (χ0) is 3.54. The molecule has 1 rings (SSSR count). The summed E-state index contributed by atoms with van der Waals surface area (Å²) >= 11 is 0. The Balaban J connectivity index is 0.000000250. The normalized spacial score (nSPS) is 20.0. The second-order valence-corrected chi connectivity index (χ2v) is 0.934. The van der Waals surface area contributed by atoms with E-state index in [0.717, 1.165) is 13.2 Å². The molecule has 0 aromatic heterocycles. The quantitative estimate of drug-likeness (QED) is 0.434. The second kappa shape index (κ2) is 3.12. The fourth-order valence-corrected chi connectivity index (χ4v) is 0.295. The molecule has 0 N–H and O–H groups in total. The Bertz CT molecular complexity index is 17.1. The van der Waals surface area contributed by atoms with Gasteiger partial charge in [0.05, 0.1) is 13.2 Å². The van der Waals surface area contributed by atoms with E-state index in [4.69, 9.17) is 9.47 Å². The molecule has 1 aliphatic rings. The predicted molar refractivity (Wildman–Crippen MR) is 23.5 cm³/mol. The van der Waals surface area contributed by atoms with Crippen molar-refractivity contribution in [2.45, 2.75) is 7.43 Å². The van der Waals surface area contributed by atoms with Crippen LogP contribution >= 0.6 is 0 Å². The van der Waals surface area contributed by atoms with Gasteiger partial charge in [0.25, 0.3) is 0 Å². The van der Waals surface area contributed by atoms with E-state index in [2.05, 4.69) is 0 Å². The van der Waals surface area contributed by atoms with Crippen LogP contribution in [-0.2, 0) is 9.47 Å². The molecule has 0 atom stereocenters. The van der Waals surface area contributed by atoms with E-state index < -0.39 is 0 Å². The lowest BCUT2D eigenvalue weighted by atomic mass is 10.8. The summed E-state index contributed by atoms with van der Waals surface area (Å²) in [6.07, 6.45) is 0. The molecule has 1 fully saturated rings. The van der Waals surface area contributed by atoms with Crippen molar-refractivity contribution in [2.75, 3.05) is 20.0 Å². The molecule has 0 spiro atoms. The van der Waals surface area contributed by atoms with Crippen LogP contribution in [-0.4, -0.2) is 20.0 Å². The molecule has 0 aromatic carbocycles. The molecule has 0 unspecified atom stereocenters. The Kier molecular flexibility index (Phi) is 3.08. The first-order chi connectivity index (χ1) is 2.50. The van der Waals surface area contributed by atoms with Crippen molar-refractivity contribution in [3.8, 4) is 0 Å². The molecule has 0 saturated carbocycles. The van der Waals surface area contributed by atoms with Crippen molar-refractivity contribution in [3.05, 3.63) is 0 Å². The standard InChI is InChI=1S/C3H6O2.CH4/c1-2-5-3-4-1;/h1-3H2;1H4. The van der Waals surface area contributed by atoms with Gasteiger partial charge in [-0.15, -0.1) is 0 Å². The van der Waals surface area contributed by atoms with Gasteiger partial charge in [0.1, 0.15) is 6.79 Å². The van der Waals surface area contributed by atoms with Gasteiger partial charge in [0.15, 0.2) is 0 Å². The van der Waals surface area contributed by atoms with Gasteiger partial charge in [-0.1, -0.05) is 7.43 Å². The average molecular weight is 90.1 g/mol. The summed E-state index contributed by atoms with van der Waals surface area (Å²) < 4.78 is 9.44. The summed E-state index contributed by atoms with van der Waals surface area (Å²) in [5.41, 5.74) is 0. The Morgan fingerprint density at radius 2 is 1.50 bits per heavy atom. The molecule has 0 aromatic rings. The highest BCUT2D eigenvalue weighted by atomic mass is 16.7. The van der Waals surface area contributed by atoms with Gasteiger partial charge >= 0.3 is 0 Å². The molecule has 6 heavy (non-hydrogen) atoms. The van der Waals surface area contributed by atoms with E-state index in [-0.39, 0.29) is 7.43 Å². The van der Waals surface area contributed by atoms with Crippen molar-refractivity contribution in [3.63, 3.8) is 0 Å². The van der Waals surface area contributed by atoms with E-state index in [0.29, 0.717) is 6.79 Å². The first-order valence-electron chi connectivity index (χ1n) is 1.65. The summed E-state index contributed by atoms with van der Waals surface area (Å²) in [5.74, 6) is 0. The molecule has 1 heterocycles. The van der Waals surface area contributed by atoms with Crippen LogP contribution in [0.4, 0.5) is 0 Å². The summed E-state index contributed by atoms with van der Waals surface area (Å²) in [7, 11) is 0. The smallest absolute Gasteiger partial charge is 0.146 e. The third-order valence-electron chi connectivity index (χ3n) is 0.539. The highest BCUT2D eigenvalue weighted by Crippen LogP contribution is 1.85. The Morgan fingerprint density at radius 3 is 1.67 bits per heavy atom. The molecular weight excluding hydrogens is 80.0 g/mol. The maximum atomic E-state index is 4.72. The third-order valence-corrected chi connectivity index (χ3v) is 0.539. The maximum Gasteiger partial charge on any atom is 0.146 e. The molecule has 38 valence electrons. The van der Waals surface area contributed by atoms with Crippen molar-refractivity contribution in [2.24, 2.45) is 0 Å². The number of hydrogen-bond acceptors (Lipinski definition) is 2. The molecule has 1 saturated heterocycles. The van der Waals surface area contributed by atoms with Crippen LogP contribution in [0.2, 0.25) is 0 Å². The van der Waals surface area contributed by atoms with Gasteiger partial charge in [0.2, 0.25) is 0 Å². The van der Waals surface area contributed by atoms with Crippen molar-refractivity contribution in [1.82, 2.24) is 0 Å². The van der Waals surface area contributed by atoms with E-state index in [1.807, 2.05) is 0 Å². The highest BCUT2D eigenvalue weighted by Gasteiger charge is 1.93. The van der Waals surface area contributed by atoms with Crippen LogP contribution in [0.25, 0.3) is 0 Å². The number of rotatable bonds is 0. The highest BCUT2D eigenvalue weighted by molar-refractivity contribution is 4.28. The molecule has 0 amide bonds. The Hall–Kier alpha value is -0.0800. The first-order valence-corrected chi connectivity index (χ1v) is 1.65. The first kappa shape index (κ1) is 5.92. The monoisotopic (exact) mass is 90.1 g/mol. The van der Waals surface area contributed by atoms with E-state index in [9.17, 15) is 0 Å². The van der Waals surface area contributed by atoms with Crippen LogP contribution in [0.5, 0.6) is 0 Å². The fourth-order valence-electron chi connectivity index (χ4n) is 0.295. The maximum absolute atomic E-state index is 4.72. The van der Waals surface area contributed by atoms with Crippen LogP contribution < -0.4 is 0 Å². The second-order valence-electron chi connectivity index (χ2n) is 0.934.